The lowest BCUT2D eigenvalue weighted by atomic mass is 10.1. The number of ether oxygens (including phenoxy) is 1. The van der Waals surface area contributed by atoms with Crippen LogP contribution in [0.3, 0.4) is 0 Å². The van der Waals surface area contributed by atoms with Gasteiger partial charge in [-0.25, -0.2) is 23.1 Å². The molecule has 0 aliphatic rings. The number of sulfonamides is 1. The number of halogens is 1. The molecule has 3 aromatic rings. The smallest absolute Gasteiger partial charge is 0.244 e. The van der Waals surface area contributed by atoms with Gasteiger partial charge in [-0.2, -0.15) is 0 Å². The maximum atomic E-state index is 12.8. The molecule has 2 aromatic carbocycles. The SMILES string of the molecule is CCOc1ccc(Br)cc1S(=O)(=O)NCc1cc(-c2ccccc2)ncn1. The highest BCUT2D eigenvalue weighted by Gasteiger charge is 2.20. The predicted molar refractivity (Wildman–Crippen MR) is 107 cm³/mol. The van der Waals surface area contributed by atoms with Crippen molar-refractivity contribution in [3.63, 3.8) is 0 Å². The fourth-order valence-corrected chi connectivity index (χ4v) is 4.15. The first-order chi connectivity index (χ1) is 13.0. The maximum absolute atomic E-state index is 12.8. The van der Waals surface area contributed by atoms with Crippen LogP contribution in [0.1, 0.15) is 12.6 Å². The fourth-order valence-electron chi connectivity index (χ4n) is 2.47. The lowest BCUT2D eigenvalue weighted by molar-refractivity contribution is 0.331. The van der Waals surface area contributed by atoms with Crippen molar-refractivity contribution in [1.29, 1.82) is 0 Å². The average Bonchev–Trinajstić information content (AvgIpc) is 2.69. The van der Waals surface area contributed by atoms with Gasteiger partial charge in [0.2, 0.25) is 10.0 Å². The quantitative estimate of drug-likeness (QED) is 0.595. The molecule has 3 rings (SSSR count). The van der Waals surface area contributed by atoms with Crippen LogP contribution in [-0.4, -0.2) is 25.0 Å². The molecule has 0 unspecified atom stereocenters. The molecular formula is C19H18BrN3O3S. The number of nitrogens with zero attached hydrogens (tertiary/aromatic N) is 2. The van der Waals surface area contributed by atoms with Gasteiger partial charge in [0, 0.05) is 10.0 Å². The van der Waals surface area contributed by atoms with Crippen LogP contribution < -0.4 is 9.46 Å². The minimum absolute atomic E-state index is 0.0444. The molecule has 0 fully saturated rings. The number of hydrogen-bond donors (Lipinski definition) is 1. The van der Waals surface area contributed by atoms with Gasteiger partial charge in [-0.05, 0) is 31.2 Å². The lowest BCUT2D eigenvalue weighted by Crippen LogP contribution is -2.24. The van der Waals surface area contributed by atoms with Crippen molar-refractivity contribution in [2.24, 2.45) is 0 Å². The van der Waals surface area contributed by atoms with Crippen LogP contribution in [-0.2, 0) is 16.6 Å². The van der Waals surface area contributed by atoms with E-state index in [1.165, 1.54) is 12.4 Å². The van der Waals surface area contributed by atoms with Gasteiger partial charge in [-0.3, -0.25) is 0 Å². The van der Waals surface area contributed by atoms with Crippen LogP contribution in [0, 0.1) is 0 Å². The zero-order valence-electron chi connectivity index (χ0n) is 14.6. The molecule has 8 heteroatoms. The highest BCUT2D eigenvalue weighted by molar-refractivity contribution is 9.10. The van der Waals surface area contributed by atoms with Gasteiger partial charge in [0.25, 0.3) is 0 Å². The van der Waals surface area contributed by atoms with Gasteiger partial charge in [0.15, 0.2) is 0 Å². The highest BCUT2D eigenvalue weighted by Crippen LogP contribution is 2.27. The molecule has 27 heavy (non-hydrogen) atoms. The van der Waals surface area contributed by atoms with E-state index in [2.05, 4.69) is 30.6 Å². The van der Waals surface area contributed by atoms with E-state index >= 15 is 0 Å². The Balaban J connectivity index is 1.81. The molecule has 0 aliphatic carbocycles. The third kappa shape index (κ3) is 4.91. The van der Waals surface area contributed by atoms with Crippen LogP contribution in [0.4, 0.5) is 0 Å². The van der Waals surface area contributed by atoms with Crippen LogP contribution >= 0.6 is 15.9 Å². The van der Waals surface area contributed by atoms with Gasteiger partial charge >= 0.3 is 0 Å². The summed E-state index contributed by atoms with van der Waals surface area (Å²) >= 11 is 3.30. The van der Waals surface area contributed by atoms with Gasteiger partial charge in [-0.1, -0.05) is 46.3 Å². The summed E-state index contributed by atoms with van der Waals surface area (Å²) in [6.07, 6.45) is 1.43. The summed E-state index contributed by atoms with van der Waals surface area (Å²) in [5, 5.41) is 0. The third-order valence-corrected chi connectivity index (χ3v) is 5.65. The van der Waals surface area contributed by atoms with E-state index in [4.69, 9.17) is 4.74 Å². The molecule has 1 aromatic heterocycles. The number of nitrogens with one attached hydrogen (secondary N) is 1. The second-order valence-corrected chi connectivity index (χ2v) is 8.26. The lowest BCUT2D eigenvalue weighted by Gasteiger charge is -2.12. The van der Waals surface area contributed by atoms with E-state index in [0.717, 1.165) is 11.3 Å². The molecule has 0 atom stereocenters. The van der Waals surface area contributed by atoms with Crippen LogP contribution in [0.15, 0.2) is 70.3 Å². The number of rotatable bonds is 7. The normalized spacial score (nSPS) is 11.3. The summed E-state index contributed by atoms with van der Waals surface area (Å²) in [6.45, 7) is 2.22. The molecule has 0 saturated heterocycles. The number of hydrogen-bond acceptors (Lipinski definition) is 5. The van der Waals surface area contributed by atoms with Crippen LogP contribution in [0.5, 0.6) is 5.75 Å². The van der Waals surface area contributed by atoms with E-state index in [1.807, 2.05) is 30.3 Å². The predicted octanol–water partition coefficient (Wildman–Crippen LogP) is 3.78. The Morgan fingerprint density at radius 2 is 1.85 bits per heavy atom. The maximum Gasteiger partial charge on any atom is 0.244 e. The Morgan fingerprint density at radius 1 is 1.07 bits per heavy atom. The molecular weight excluding hydrogens is 430 g/mol. The van der Waals surface area contributed by atoms with E-state index in [9.17, 15) is 8.42 Å². The summed E-state index contributed by atoms with van der Waals surface area (Å²) in [5.74, 6) is 0.306. The Kier molecular flexibility index (Phi) is 6.20. The molecule has 0 radical (unpaired) electrons. The zero-order valence-corrected chi connectivity index (χ0v) is 17.0. The van der Waals surface area contributed by atoms with E-state index in [1.54, 1.807) is 25.1 Å². The van der Waals surface area contributed by atoms with E-state index < -0.39 is 10.0 Å². The highest BCUT2D eigenvalue weighted by atomic mass is 79.9. The molecule has 1 heterocycles. The van der Waals surface area contributed by atoms with Gasteiger partial charge in [0.05, 0.1) is 24.5 Å². The summed E-state index contributed by atoms with van der Waals surface area (Å²) in [7, 11) is -3.78. The molecule has 140 valence electrons. The van der Waals surface area contributed by atoms with Gasteiger partial charge in [0.1, 0.15) is 17.0 Å². The molecule has 0 spiro atoms. The second kappa shape index (κ2) is 8.60. The van der Waals surface area contributed by atoms with Crippen molar-refractivity contribution >= 4 is 26.0 Å². The number of benzene rings is 2. The van der Waals surface area contributed by atoms with Crippen LogP contribution in [0.25, 0.3) is 11.3 Å². The summed E-state index contributed by atoms with van der Waals surface area (Å²) in [4.78, 5) is 8.49. The van der Waals surface area contributed by atoms with E-state index in [0.29, 0.717) is 22.5 Å². The summed E-state index contributed by atoms with van der Waals surface area (Å²) in [6, 6.07) is 16.3. The standard InChI is InChI=1S/C19H18BrN3O3S/c1-2-26-18-9-8-15(20)10-19(18)27(24,25)23-12-16-11-17(22-13-21-16)14-6-4-3-5-7-14/h3-11,13,23H,2,12H2,1H3. The third-order valence-electron chi connectivity index (χ3n) is 3.73. The van der Waals surface area contributed by atoms with Crippen molar-refractivity contribution in [3.05, 3.63) is 71.1 Å². The minimum atomic E-state index is -3.78. The Hall–Kier alpha value is -2.29. The molecule has 6 nitrogen and oxygen atoms in total. The minimum Gasteiger partial charge on any atom is -0.492 e. The second-order valence-electron chi connectivity index (χ2n) is 5.61. The Bertz CT molecular complexity index is 1030. The Labute approximate surface area is 166 Å². The molecule has 0 bridgehead atoms. The van der Waals surface area contributed by atoms with Gasteiger partial charge in [-0.15, -0.1) is 0 Å². The van der Waals surface area contributed by atoms with Crippen molar-refractivity contribution in [2.45, 2.75) is 18.4 Å². The van der Waals surface area contributed by atoms with Crippen molar-refractivity contribution in [2.75, 3.05) is 6.61 Å². The molecule has 0 saturated carbocycles. The topological polar surface area (TPSA) is 81.2 Å². The van der Waals surface area contributed by atoms with Crippen molar-refractivity contribution < 1.29 is 13.2 Å². The molecule has 0 aliphatic heterocycles. The van der Waals surface area contributed by atoms with Crippen LogP contribution in [0.2, 0.25) is 0 Å². The first-order valence-electron chi connectivity index (χ1n) is 8.28. The molecule has 0 amide bonds. The van der Waals surface area contributed by atoms with Crippen molar-refractivity contribution in [1.82, 2.24) is 14.7 Å². The Morgan fingerprint density at radius 3 is 2.59 bits per heavy atom. The first-order valence-corrected chi connectivity index (χ1v) is 10.6. The number of aromatic nitrogens is 2. The summed E-state index contributed by atoms with van der Waals surface area (Å²) < 4.78 is 34.2. The van der Waals surface area contributed by atoms with Gasteiger partial charge < -0.3 is 4.74 Å². The fraction of sp³-hybridized carbons (Fsp3) is 0.158. The summed E-state index contributed by atoms with van der Waals surface area (Å²) in [5.41, 5.74) is 2.24. The average molecular weight is 448 g/mol. The van der Waals surface area contributed by atoms with E-state index in [-0.39, 0.29) is 11.4 Å². The molecule has 1 N–H and O–H groups in total. The zero-order chi connectivity index (χ0) is 19.3. The first kappa shape index (κ1) is 19.5. The van der Waals surface area contributed by atoms with Crippen molar-refractivity contribution in [3.8, 4) is 17.0 Å². The largest absolute Gasteiger partial charge is 0.492 e. The monoisotopic (exact) mass is 447 g/mol.